The largest absolute Gasteiger partial charge is 0.508 e. The lowest BCUT2D eigenvalue weighted by Crippen LogP contribution is -1.96. The molecule has 0 aromatic heterocycles. The van der Waals surface area contributed by atoms with Crippen molar-refractivity contribution in [2.75, 3.05) is 6.61 Å². The summed E-state index contributed by atoms with van der Waals surface area (Å²) < 4.78 is 5.64. The van der Waals surface area contributed by atoms with Crippen molar-refractivity contribution in [2.24, 2.45) is 0 Å². The molecule has 0 aliphatic carbocycles. The molecule has 0 fully saturated rings. The highest BCUT2D eigenvalue weighted by atomic mass is 16.5. The molecule has 0 radical (unpaired) electrons. The fraction of sp³-hybridized carbons (Fsp3) is 0.750. The van der Waals surface area contributed by atoms with Gasteiger partial charge >= 0.3 is 0 Å². The standard InChI is InChI=1S/C24H42O2/c1-3-5-6-7-8-9-10-11-12-13-14-15-16-17-22-19-23(25)21-24(20-22)26-18-4-2/h19-21,25H,3-18H2,1-2H3. The minimum absolute atomic E-state index is 0.322. The van der Waals surface area contributed by atoms with Gasteiger partial charge in [-0.1, -0.05) is 90.9 Å². The first-order chi connectivity index (χ1) is 12.8. The Morgan fingerprint density at radius 2 is 1.19 bits per heavy atom. The van der Waals surface area contributed by atoms with Crippen molar-refractivity contribution in [3.63, 3.8) is 0 Å². The smallest absolute Gasteiger partial charge is 0.123 e. The molecule has 0 saturated carbocycles. The van der Waals surface area contributed by atoms with Crippen LogP contribution in [0.2, 0.25) is 0 Å². The van der Waals surface area contributed by atoms with Gasteiger partial charge in [-0.15, -0.1) is 0 Å². The Morgan fingerprint density at radius 3 is 1.73 bits per heavy atom. The van der Waals surface area contributed by atoms with Gasteiger partial charge in [-0.3, -0.25) is 0 Å². The molecule has 2 nitrogen and oxygen atoms in total. The maximum absolute atomic E-state index is 9.82. The molecular formula is C24H42O2. The summed E-state index contributed by atoms with van der Waals surface area (Å²) in [5.74, 6) is 1.12. The normalized spacial score (nSPS) is 11.0. The Bertz CT molecular complexity index is 442. The van der Waals surface area contributed by atoms with Gasteiger partial charge in [-0.2, -0.15) is 0 Å². The van der Waals surface area contributed by atoms with Crippen molar-refractivity contribution in [2.45, 2.75) is 110 Å². The molecule has 0 aliphatic rings. The Hall–Kier alpha value is -1.18. The quantitative estimate of drug-likeness (QED) is 0.286. The van der Waals surface area contributed by atoms with Crippen LogP contribution in [0.4, 0.5) is 0 Å². The van der Waals surface area contributed by atoms with Gasteiger partial charge in [0.05, 0.1) is 6.61 Å². The molecule has 1 aromatic rings. The number of unbranched alkanes of at least 4 members (excludes halogenated alkanes) is 12. The predicted molar refractivity (Wildman–Crippen MR) is 113 cm³/mol. The van der Waals surface area contributed by atoms with Gasteiger partial charge in [0.1, 0.15) is 11.5 Å². The topological polar surface area (TPSA) is 29.5 Å². The van der Waals surface area contributed by atoms with E-state index >= 15 is 0 Å². The number of aryl methyl sites for hydroxylation is 1. The van der Waals surface area contributed by atoms with Crippen LogP contribution in [-0.2, 0) is 6.42 Å². The first-order valence-corrected chi connectivity index (χ1v) is 11.2. The third-order valence-electron chi connectivity index (χ3n) is 4.99. The average Bonchev–Trinajstić information content (AvgIpc) is 2.63. The first-order valence-electron chi connectivity index (χ1n) is 11.2. The molecule has 1 aromatic carbocycles. The van der Waals surface area contributed by atoms with Crippen molar-refractivity contribution in [3.05, 3.63) is 23.8 Å². The van der Waals surface area contributed by atoms with Crippen LogP contribution in [0.25, 0.3) is 0 Å². The molecule has 0 heterocycles. The molecule has 1 rings (SSSR count). The third kappa shape index (κ3) is 12.2. The van der Waals surface area contributed by atoms with Gasteiger partial charge in [0.2, 0.25) is 0 Å². The fourth-order valence-corrected chi connectivity index (χ4v) is 3.44. The second-order valence-electron chi connectivity index (χ2n) is 7.68. The Morgan fingerprint density at radius 1 is 0.654 bits per heavy atom. The summed E-state index contributed by atoms with van der Waals surface area (Å²) in [5.41, 5.74) is 1.19. The lowest BCUT2D eigenvalue weighted by Gasteiger charge is -2.08. The Kier molecular flexibility index (Phi) is 14.1. The monoisotopic (exact) mass is 362 g/mol. The average molecular weight is 363 g/mol. The molecule has 0 atom stereocenters. The van der Waals surface area contributed by atoms with E-state index in [1.54, 1.807) is 6.07 Å². The van der Waals surface area contributed by atoms with Gasteiger partial charge in [-0.05, 0) is 37.0 Å². The highest BCUT2D eigenvalue weighted by molar-refractivity contribution is 5.37. The summed E-state index contributed by atoms with van der Waals surface area (Å²) in [6, 6.07) is 5.66. The molecular weight excluding hydrogens is 320 g/mol. The van der Waals surface area contributed by atoms with Crippen LogP contribution in [0.1, 0.15) is 109 Å². The summed E-state index contributed by atoms with van der Waals surface area (Å²) in [5, 5.41) is 9.82. The molecule has 0 amide bonds. The molecule has 0 aliphatic heterocycles. The Labute approximate surface area is 162 Å². The molecule has 0 spiro atoms. The van der Waals surface area contributed by atoms with E-state index in [0.717, 1.165) is 18.6 Å². The zero-order valence-corrected chi connectivity index (χ0v) is 17.4. The molecule has 0 saturated heterocycles. The zero-order chi connectivity index (χ0) is 18.9. The van der Waals surface area contributed by atoms with Gasteiger partial charge in [0.15, 0.2) is 0 Å². The number of rotatable bonds is 17. The van der Waals surface area contributed by atoms with Gasteiger partial charge < -0.3 is 9.84 Å². The minimum atomic E-state index is 0.322. The number of hydrogen-bond donors (Lipinski definition) is 1. The zero-order valence-electron chi connectivity index (χ0n) is 17.4. The number of phenolic OH excluding ortho intramolecular Hbond substituents is 1. The van der Waals surface area contributed by atoms with Crippen LogP contribution in [0.15, 0.2) is 18.2 Å². The van der Waals surface area contributed by atoms with Gasteiger partial charge in [0, 0.05) is 6.07 Å². The molecule has 0 unspecified atom stereocenters. The van der Waals surface area contributed by atoms with Crippen molar-refractivity contribution in [1.82, 2.24) is 0 Å². The van der Waals surface area contributed by atoms with E-state index in [2.05, 4.69) is 19.9 Å². The number of phenols is 1. The molecule has 26 heavy (non-hydrogen) atoms. The van der Waals surface area contributed by atoms with Crippen LogP contribution in [0.5, 0.6) is 11.5 Å². The summed E-state index contributed by atoms with van der Waals surface area (Å²) >= 11 is 0. The van der Waals surface area contributed by atoms with E-state index in [-0.39, 0.29) is 0 Å². The first kappa shape index (κ1) is 22.9. The SMILES string of the molecule is CCCCCCCCCCCCCCCc1cc(O)cc(OCCC)c1. The van der Waals surface area contributed by atoms with Crippen molar-refractivity contribution in [3.8, 4) is 11.5 Å². The van der Waals surface area contributed by atoms with Crippen LogP contribution < -0.4 is 4.74 Å². The second kappa shape index (κ2) is 16.0. The Balaban J connectivity index is 1.98. The fourth-order valence-electron chi connectivity index (χ4n) is 3.44. The number of hydrogen-bond acceptors (Lipinski definition) is 2. The lowest BCUT2D eigenvalue weighted by molar-refractivity contribution is 0.315. The molecule has 2 heteroatoms. The van der Waals surface area contributed by atoms with Crippen molar-refractivity contribution in [1.29, 1.82) is 0 Å². The van der Waals surface area contributed by atoms with Crippen LogP contribution in [0, 0.1) is 0 Å². The summed E-state index contributed by atoms with van der Waals surface area (Å²) in [6.45, 7) is 5.09. The van der Waals surface area contributed by atoms with Crippen molar-refractivity contribution < 1.29 is 9.84 Å². The maximum atomic E-state index is 9.82. The van der Waals surface area contributed by atoms with E-state index in [4.69, 9.17) is 4.74 Å². The van der Waals surface area contributed by atoms with Crippen LogP contribution in [0.3, 0.4) is 0 Å². The minimum Gasteiger partial charge on any atom is -0.508 e. The van der Waals surface area contributed by atoms with Crippen LogP contribution >= 0.6 is 0 Å². The third-order valence-corrected chi connectivity index (χ3v) is 4.99. The molecule has 150 valence electrons. The van der Waals surface area contributed by atoms with Gasteiger partial charge in [0.25, 0.3) is 0 Å². The van der Waals surface area contributed by atoms with Crippen molar-refractivity contribution >= 4 is 0 Å². The van der Waals surface area contributed by atoms with E-state index in [1.807, 2.05) is 6.07 Å². The highest BCUT2D eigenvalue weighted by Gasteiger charge is 2.02. The molecule has 1 N–H and O–H groups in total. The molecule has 0 bridgehead atoms. The second-order valence-corrected chi connectivity index (χ2v) is 7.68. The van der Waals surface area contributed by atoms with E-state index < -0.39 is 0 Å². The van der Waals surface area contributed by atoms with Gasteiger partial charge in [-0.25, -0.2) is 0 Å². The highest BCUT2D eigenvalue weighted by Crippen LogP contribution is 2.23. The lowest BCUT2D eigenvalue weighted by atomic mass is 10.0. The van der Waals surface area contributed by atoms with E-state index in [1.165, 1.54) is 89.0 Å². The number of ether oxygens (including phenoxy) is 1. The summed E-state index contributed by atoms with van der Waals surface area (Å²) in [7, 11) is 0. The summed E-state index contributed by atoms with van der Waals surface area (Å²) in [4.78, 5) is 0. The maximum Gasteiger partial charge on any atom is 0.123 e. The van der Waals surface area contributed by atoms with E-state index in [0.29, 0.717) is 12.4 Å². The van der Waals surface area contributed by atoms with E-state index in [9.17, 15) is 5.11 Å². The van der Waals surface area contributed by atoms with Crippen LogP contribution in [-0.4, -0.2) is 11.7 Å². The predicted octanol–water partition coefficient (Wildman–Crippen LogP) is 7.81. The number of aromatic hydroxyl groups is 1. The summed E-state index contributed by atoms with van der Waals surface area (Å²) in [6.07, 6.45) is 20.0. The number of benzene rings is 1.